The Morgan fingerprint density at radius 3 is 2.48 bits per heavy atom. The second kappa shape index (κ2) is 7.09. The third kappa shape index (κ3) is 4.19. The lowest BCUT2D eigenvalue weighted by Crippen LogP contribution is -2.28. The van der Waals surface area contributed by atoms with Gasteiger partial charge in [0.05, 0.1) is 0 Å². The number of nitrogens with zero attached hydrogens (tertiary/aromatic N) is 1. The van der Waals surface area contributed by atoms with Gasteiger partial charge in [-0.25, -0.2) is 4.98 Å². The van der Waals surface area contributed by atoms with Crippen LogP contribution in [-0.4, -0.2) is 12.0 Å². The third-order valence-corrected chi connectivity index (χ3v) is 5.57. The highest BCUT2D eigenvalue weighted by molar-refractivity contribution is 7.11. The molecule has 1 aliphatic carbocycles. The topological polar surface area (TPSA) is 24.9 Å². The number of alkyl halides is 3. The van der Waals surface area contributed by atoms with Crippen LogP contribution in [0, 0.1) is 11.8 Å². The van der Waals surface area contributed by atoms with Crippen molar-refractivity contribution in [1.29, 1.82) is 0 Å². The van der Waals surface area contributed by atoms with Crippen LogP contribution in [-0.2, 0) is 6.18 Å². The van der Waals surface area contributed by atoms with Gasteiger partial charge >= 0.3 is 6.18 Å². The predicted molar refractivity (Wildman–Crippen MR) is 79.3 cm³/mol. The molecule has 0 aliphatic heterocycles. The Morgan fingerprint density at radius 2 is 2.00 bits per heavy atom. The molecule has 0 saturated heterocycles. The van der Waals surface area contributed by atoms with Crippen molar-refractivity contribution in [3.8, 4) is 0 Å². The van der Waals surface area contributed by atoms with Crippen molar-refractivity contribution in [3.05, 3.63) is 16.1 Å². The first-order valence-electron chi connectivity index (χ1n) is 7.65. The number of rotatable bonds is 5. The van der Waals surface area contributed by atoms with Gasteiger partial charge in [0.2, 0.25) is 0 Å². The van der Waals surface area contributed by atoms with E-state index in [0.29, 0.717) is 10.8 Å². The SMILES string of the molecule is CCCC1CCC(C(NC)c2cnc(C(F)(F)F)s2)CC1. The van der Waals surface area contributed by atoms with Crippen LogP contribution in [0.25, 0.3) is 0 Å². The maximum Gasteiger partial charge on any atom is 0.443 e. The van der Waals surface area contributed by atoms with Crippen LogP contribution in [0.3, 0.4) is 0 Å². The van der Waals surface area contributed by atoms with E-state index in [4.69, 9.17) is 0 Å². The fourth-order valence-corrected chi connectivity index (χ4v) is 4.38. The molecule has 1 N–H and O–H groups in total. The van der Waals surface area contributed by atoms with Gasteiger partial charge in [0.25, 0.3) is 0 Å². The molecule has 1 aromatic rings. The Kier molecular flexibility index (Phi) is 5.66. The normalized spacial score (nSPS) is 25.0. The molecule has 21 heavy (non-hydrogen) atoms. The standard InChI is InChI=1S/C15H23F3N2S/c1-3-4-10-5-7-11(8-6-10)13(19-2)12-9-20-14(21-12)15(16,17)18/h9-11,13,19H,3-8H2,1-2H3. The molecule has 0 bridgehead atoms. The maximum atomic E-state index is 12.7. The van der Waals surface area contributed by atoms with Crippen LogP contribution in [0.2, 0.25) is 0 Å². The monoisotopic (exact) mass is 320 g/mol. The molecule has 1 atom stereocenters. The second-order valence-corrected chi connectivity index (χ2v) is 6.96. The molecule has 1 heterocycles. The molecule has 1 aromatic heterocycles. The smallest absolute Gasteiger partial charge is 0.312 e. The molecular weight excluding hydrogens is 297 g/mol. The van der Waals surface area contributed by atoms with E-state index in [1.165, 1.54) is 31.9 Å². The molecule has 0 radical (unpaired) electrons. The minimum Gasteiger partial charge on any atom is -0.312 e. The van der Waals surface area contributed by atoms with E-state index in [2.05, 4.69) is 17.2 Å². The van der Waals surface area contributed by atoms with Crippen molar-refractivity contribution in [2.45, 2.75) is 57.7 Å². The summed E-state index contributed by atoms with van der Waals surface area (Å²) in [6.07, 6.45) is 4.13. The first-order chi connectivity index (χ1) is 9.95. The van der Waals surface area contributed by atoms with Gasteiger partial charge in [-0.3, -0.25) is 0 Å². The Labute approximate surface area is 128 Å². The van der Waals surface area contributed by atoms with Gasteiger partial charge in [0.15, 0.2) is 5.01 Å². The summed E-state index contributed by atoms with van der Waals surface area (Å²) in [4.78, 5) is 4.26. The molecule has 1 saturated carbocycles. The van der Waals surface area contributed by atoms with Crippen molar-refractivity contribution >= 4 is 11.3 Å². The third-order valence-electron chi connectivity index (χ3n) is 4.44. The highest BCUT2D eigenvalue weighted by Gasteiger charge is 2.36. The quantitative estimate of drug-likeness (QED) is 0.823. The van der Waals surface area contributed by atoms with Gasteiger partial charge in [-0.2, -0.15) is 13.2 Å². The lowest BCUT2D eigenvalue weighted by atomic mass is 9.77. The van der Waals surface area contributed by atoms with Crippen LogP contribution in [0.5, 0.6) is 0 Å². The first-order valence-corrected chi connectivity index (χ1v) is 8.47. The number of nitrogens with one attached hydrogen (secondary N) is 1. The van der Waals surface area contributed by atoms with Gasteiger partial charge in [-0.15, -0.1) is 11.3 Å². The van der Waals surface area contributed by atoms with Gasteiger partial charge in [0, 0.05) is 17.1 Å². The van der Waals surface area contributed by atoms with E-state index in [-0.39, 0.29) is 6.04 Å². The molecule has 6 heteroatoms. The summed E-state index contributed by atoms with van der Waals surface area (Å²) in [7, 11) is 1.83. The number of hydrogen-bond acceptors (Lipinski definition) is 3. The number of halogens is 3. The number of aromatic nitrogens is 1. The van der Waals surface area contributed by atoms with E-state index >= 15 is 0 Å². The summed E-state index contributed by atoms with van der Waals surface area (Å²) in [5.74, 6) is 1.22. The first kappa shape index (κ1) is 16.7. The van der Waals surface area contributed by atoms with Crippen molar-refractivity contribution in [2.75, 3.05) is 7.05 Å². The van der Waals surface area contributed by atoms with E-state index in [9.17, 15) is 13.2 Å². The summed E-state index contributed by atoms with van der Waals surface area (Å²) in [6.45, 7) is 2.21. The number of thiazole rings is 1. The molecule has 1 fully saturated rings. The van der Waals surface area contributed by atoms with E-state index in [1.54, 1.807) is 0 Å². The molecule has 2 rings (SSSR count). The summed E-state index contributed by atoms with van der Waals surface area (Å²) in [5.41, 5.74) is 0. The summed E-state index contributed by atoms with van der Waals surface area (Å²) in [6, 6.07) is 0.00109. The lowest BCUT2D eigenvalue weighted by molar-refractivity contribution is -0.137. The van der Waals surface area contributed by atoms with Crippen molar-refractivity contribution < 1.29 is 13.2 Å². The van der Waals surface area contributed by atoms with Gasteiger partial charge in [0.1, 0.15) is 0 Å². The zero-order valence-corrected chi connectivity index (χ0v) is 13.4. The summed E-state index contributed by atoms with van der Waals surface area (Å²) >= 11 is 0.779. The average Bonchev–Trinajstić information content (AvgIpc) is 2.91. The average molecular weight is 320 g/mol. The molecule has 1 aliphatic rings. The molecule has 0 aromatic carbocycles. The van der Waals surface area contributed by atoms with Crippen molar-refractivity contribution in [3.63, 3.8) is 0 Å². The highest BCUT2D eigenvalue weighted by Crippen LogP contribution is 2.41. The summed E-state index contributed by atoms with van der Waals surface area (Å²) < 4.78 is 38.0. The van der Waals surface area contributed by atoms with Crippen molar-refractivity contribution in [2.24, 2.45) is 11.8 Å². The Balaban J connectivity index is 2.02. The second-order valence-electron chi connectivity index (χ2n) is 5.90. The largest absolute Gasteiger partial charge is 0.443 e. The Morgan fingerprint density at radius 1 is 1.33 bits per heavy atom. The van der Waals surface area contributed by atoms with E-state index in [0.717, 1.165) is 30.1 Å². The minimum atomic E-state index is -4.33. The molecule has 1 unspecified atom stereocenters. The fourth-order valence-electron chi connectivity index (χ4n) is 3.39. The summed E-state index contributed by atoms with van der Waals surface area (Å²) in [5, 5.41) is 2.46. The van der Waals surface area contributed by atoms with Gasteiger partial charge in [-0.1, -0.05) is 32.6 Å². The maximum absolute atomic E-state index is 12.7. The molecule has 0 amide bonds. The molecule has 0 spiro atoms. The van der Waals surface area contributed by atoms with Crippen LogP contribution < -0.4 is 5.32 Å². The Hall–Kier alpha value is -0.620. The van der Waals surface area contributed by atoms with Crippen molar-refractivity contribution in [1.82, 2.24) is 10.3 Å². The number of hydrogen-bond donors (Lipinski definition) is 1. The van der Waals surface area contributed by atoms with E-state index < -0.39 is 11.2 Å². The van der Waals surface area contributed by atoms with Crippen LogP contribution >= 0.6 is 11.3 Å². The lowest BCUT2D eigenvalue weighted by Gasteiger charge is -2.33. The van der Waals surface area contributed by atoms with E-state index in [1.807, 2.05) is 7.05 Å². The molecule has 2 nitrogen and oxygen atoms in total. The van der Waals surface area contributed by atoms with Crippen LogP contribution in [0.4, 0.5) is 13.2 Å². The Bertz CT molecular complexity index is 436. The van der Waals surface area contributed by atoms with Gasteiger partial charge < -0.3 is 5.32 Å². The van der Waals surface area contributed by atoms with Crippen LogP contribution in [0.15, 0.2) is 6.20 Å². The zero-order chi connectivity index (χ0) is 15.5. The van der Waals surface area contributed by atoms with Crippen LogP contribution in [0.1, 0.15) is 61.4 Å². The minimum absolute atomic E-state index is 0.00109. The van der Waals surface area contributed by atoms with Gasteiger partial charge in [-0.05, 0) is 31.7 Å². The fraction of sp³-hybridized carbons (Fsp3) is 0.800. The predicted octanol–water partition coefficient (Wildman–Crippen LogP) is 5.03. The molecular formula is C15H23F3N2S. The zero-order valence-electron chi connectivity index (χ0n) is 12.5. The highest BCUT2D eigenvalue weighted by atomic mass is 32.1. The molecule has 120 valence electrons.